The summed E-state index contributed by atoms with van der Waals surface area (Å²) in [5.41, 5.74) is 0. The lowest BCUT2D eigenvalue weighted by atomic mass is 10.8. The predicted molar refractivity (Wildman–Crippen MR) is 31.1 cm³/mol. The van der Waals surface area contributed by atoms with Crippen LogP contribution in [-0.2, 0) is 14.1 Å². The van der Waals surface area contributed by atoms with Gasteiger partial charge in [-0.1, -0.05) is 0 Å². The van der Waals surface area contributed by atoms with Gasteiger partial charge in [0.1, 0.15) is 0 Å². The Morgan fingerprint density at radius 1 is 1.56 bits per heavy atom. The molecule has 0 fully saturated rings. The van der Waals surface area contributed by atoms with Crippen LogP contribution >= 0.6 is 8.25 Å². The van der Waals surface area contributed by atoms with E-state index in [1.165, 1.54) is 14.0 Å². The Balaban J connectivity index is 0. The molecule has 0 atom stereocenters. The molecule has 0 rings (SSSR count). The van der Waals surface area contributed by atoms with Crippen molar-refractivity contribution in [1.82, 2.24) is 0 Å². The zero-order valence-corrected chi connectivity index (χ0v) is 6.12. The fourth-order valence-electron chi connectivity index (χ4n) is 0. The molecule has 0 heterocycles. The number of hydrogen-bond donors (Lipinski definition) is 2. The summed E-state index contributed by atoms with van der Waals surface area (Å²) in [5.74, 6) is -0.245. The molecule has 9 heavy (non-hydrogen) atoms. The van der Waals surface area contributed by atoms with Crippen molar-refractivity contribution in [2.24, 2.45) is 0 Å². The van der Waals surface area contributed by atoms with E-state index in [0.717, 1.165) is 0 Å². The Morgan fingerprint density at radius 3 is 1.67 bits per heavy atom. The average Bonchev–Trinajstić information content (AvgIpc) is 1.65. The third-order valence-electron chi connectivity index (χ3n) is 0.287. The molecule has 0 unspecified atom stereocenters. The zero-order chi connectivity index (χ0) is 7.86. The molecule has 56 valence electrons. The molecule has 5 nitrogen and oxygen atoms in total. The molecule has 0 aromatic carbocycles. The molecular weight excluding hydrogens is 147 g/mol. The largest absolute Gasteiger partial charge is 0.469 e. The topological polar surface area (TPSA) is 83.8 Å². The van der Waals surface area contributed by atoms with Crippen LogP contribution in [0.2, 0.25) is 0 Å². The second-order valence-corrected chi connectivity index (χ2v) is 1.54. The van der Waals surface area contributed by atoms with E-state index < -0.39 is 8.25 Å². The van der Waals surface area contributed by atoms with Gasteiger partial charge in [0.05, 0.1) is 7.11 Å². The summed E-state index contributed by atoms with van der Waals surface area (Å²) in [4.78, 5) is 23.9. The molecule has 0 aliphatic rings. The van der Waals surface area contributed by atoms with E-state index >= 15 is 0 Å². The molecular formula is C3H9O5P. The first kappa shape index (κ1) is 11.4. The van der Waals surface area contributed by atoms with Crippen LogP contribution in [0.3, 0.4) is 0 Å². The first-order valence-electron chi connectivity index (χ1n) is 1.97. The fourth-order valence-corrected chi connectivity index (χ4v) is 0. The van der Waals surface area contributed by atoms with E-state index in [-0.39, 0.29) is 5.97 Å². The number of methoxy groups -OCH3 is 1. The molecule has 2 N–H and O–H groups in total. The van der Waals surface area contributed by atoms with Gasteiger partial charge in [0.15, 0.2) is 0 Å². The molecule has 0 saturated carbocycles. The number of esters is 1. The number of carbonyl (C=O) groups excluding carboxylic acids is 1. The Hall–Kier alpha value is -0.380. The van der Waals surface area contributed by atoms with Gasteiger partial charge in [-0.2, -0.15) is 0 Å². The van der Waals surface area contributed by atoms with Gasteiger partial charge in [-0.15, -0.1) is 0 Å². The lowest BCUT2D eigenvalue weighted by molar-refractivity contribution is -0.137. The molecule has 0 aromatic rings. The maximum atomic E-state index is 9.59. The van der Waals surface area contributed by atoms with E-state index in [0.29, 0.717) is 0 Å². The van der Waals surface area contributed by atoms with Crippen molar-refractivity contribution in [3.8, 4) is 0 Å². The van der Waals surface area contributed by atoms with Gasteiger partial charge in [0.2, 0.25) is 0 Å². The van der Waals surface area contributed by atoms with E-state index in [4.69, 9.17) is 14.4 Å². The van der Waals surface area contributed by atoms with Crippen LogP contribution in [0.4, 0.5) is 0 Å². The number of ether oxygens (including phenoxy) is 1. The van der Waals surface area contributed by atoms with Crippen LogP contribution in [0.5, 0.6) is 0 Å². The number of carbonyl (C=O) groups is 1. The minimum absolute atomic E-state index is 0.245. The van der Waals surface area contributed by atoms with Crippen molar-refractivity contribution < 1.29 is 23.9 Å². The summed E-state index contributed by atoms with van der Waals surface area (Å²) in [6, 6.07) is 0. The maximum Gasteiger partial charge on any atom is 0.314 e. The molecule has 0 aliphatic heterocycles. The van der Waals surface area contributed by atoms with Crippen LogP contribution in [0.15, 0.2) is 0 Å². The van der Waals surface area contributed by atoms with Crippen LogP contribution < -0.4 is 0 Å². The van der Waals surface area contributed by atoms with Crippen molar-refractivity contribution in [2.75, 3.05) is 7.11 Å². The lowest BCUT2D eigenvalue weighted by Crippen LogP contribution is -1.88. The van der Waals surface area contributed by atoms with Crippen LogP contribution in [0.1, 0.15) is 6.92 Å². The zero-order valence-electron chi connectivity index (χ0n) is 5.12. The summed E-state index contributed by atoms with van der Waals surface area (Å²) < 4.78 is 12.9. The highest BCUT2D eigenvalue weighted by Crippen LogP contribution is 1.98. The normalized spacial score (nSPS) is 7.67. The monoisotopic (exact) mass is 156 g/mol. The van der Waals surface area contributed by atoms with Crippen LogP contribution in [0, 0.1) is 0 Å². The summed E-state index contributed by atoms with van der Waals surface area (Å²) in [7, 11) is -1.78. The summed E-state index contributed by atoms with van der Waals surface area (Å²) in [5, 5.41) is 0. The molecule has 0 spiro atoms. The third-order valence-corrected chi connectivity index (χ3v) is 0.287. The Kier molecular flexibility index (Phi) is 9.67. The van der Waals surface area contributed by atoms with Gasteiger partial charge >= 0.3 is 14.2 Å². The molecule has 0 aromatic heterocycles. The maximum absolute atomic E-state index is 9.59. The summed E-state index contributed by atoms with van der Waals surface area (Å²) in [6.07, 6.45) is 0. The van der Waals surface area contributed by atoms with E-state index in [9.17, 15) is 4.79 Å². The van der Waals surface area contributed by atoms with Crippen LogP contribution in [0.25, 0.3) is 0 Å². The van der Waals surface area contributed by atoms with Gasteiger partial charge in [0.25, 0.3) is 0 Å². The highest BCUT2D eigenvalue weighted by atomic mass is 31.1. The standard InChI is InChI=1S/C3H6O2.H3O3P/c1-3(4)5-2;1-4(2)3/h1-2H3;4H,(H2,1,2,3). The fraction of sp³-hybridized carbons (Fsp3) is 0.667. The highest BCUT2D eigenvalue weighted by molar-refractivity contribution is 7.30. The first-order chi connectivity index (χ1) is 4.00. The molecule has 0 radical (unpaired) electrons. The van der Waals surface area contributed by atoms with E-state index in [1.807, 2.05) is 0 Å². The second kappa shape index (κ2) is 7.62. The van der Waals surface area contributed by atoms with Crippen molar-refractivity contribution in [2.45, 2.75) is 6.92 Å². The van der Waals surface area contributed by atoms with Gasteiger partial charge in [0, 0.05) is 6.92 Å². The van der Waals surface area contributed by atoms with Crippen LogP contribution in [-0.4, -0.2) is 22.9 Å². The molecule has 6 heteroatoms. The number of rotatable bonds is 0. The molecule has 0 bridgehead atoms. The average molecular weight is 156 g/mol. The van der Waals surface area contributed by atoms with Crippen molar-refractivity contribution in [1.29, 1.82) is 0 Å². The third kappa shape index (κ3) is 91.7. The Bertz CT molecular complexity index is 96.4. The van der Waals surface area contributed by atoms with Gasteiger partial charge in [-0.25, -0.2) is 0 Å². The summed E-state index contributed by atoms with van der Waals surface area (Å²) >= 11 is 0. The van der Waals surface area contributed by atoms with Gasteiger partial charge < -0.3 is 14.5 Å². The lowest BCUT2D eigenvalue weighted by Gasteiger charge is -1.80. The smallest absolute Gasteiger partial charge is 0.314 e. The first-order valence-corrected chi connectivity index (χ1v) is 3.27. The number of hydrogen-bond acceptors (Lipinski definition) is 3. The summed E-state index contributed by atoms with van der Waals surface area (Å²) in [6.45, 7) is 1.36. The second-order valence-electron chi connectivity index (χ2n) is 0.978. The quantitative estimate of drug-likeness (QED) is 0.366. The molecule has 0 amide bonds. The van der Waals surface area contributed by atoms with Crippen molar-refractivity contribution >= 4 is 14.2 Å². The highest BCUT2D eigenvalue weighted by Gasteiger charge is 1.75. The van der Waals surface area contributed by atoms with E-state index in [2.05, 4.69) is 4.74 Å². The van der Waals surface area contributed by atoms with Crippen molar-refractivity contribution in [3.05, 3.63) is 0 Å². The molecule has 0 saturated heterocycles. The minimum atomic E-state index is -3.13. The molecule has 0 aliphatic carbocycles. The van der Waals surface area contributed by atoms with Gasteiger partial charge in [-0.05, 0) is 0 Å². The van der Waals surface area contributed by atoms with E-state index in [1.54, 1.807) is 0 Å². The van der Waals surface area contributed by atoms with Gasteiger partial charge in [-0.3, -0.25) is 9.36 Å². The Labute approximate surface area is 53.2 Å². The predicted octanol–water partition coefficient (Wildman–Crippen LogP) is -0.460. The SMILES string of the molecule is COC(C)=O.O=[PH](O)O. The van der Waals surface area contributed by atoms with Crippen molar-refractivity contribution in [3.63, 3.8) is 0 Å². The Morgan fingerprint density at radius 2 is 1.67 bits per heavy atom. The minimum Gasteiger partial charge on any atom is -0.469 e.